The molecule has 2 aromatic carbocycles. The minimum absolute atomic E-state index is 0.149. The Morgan fingerprint density at radius 1 is 1.17 bits per heavy atom. The third-order valence-corrected chi connectivity index (χ3v) is 5.45. The first-order valence-electron chi connectivity index (χ1n) is 9.74. The molecule has 8 nitrogen and oxygen atoms in total. The Hall–Kier alpha value is -3.39. The summed E-state index contributed by atoms with van der Waals surface area (Å²) in [5.41, 5.74) is 2.23. The summed E-state index contributed by atoms with van der Waals surface area (Å²) in [6, 6.07) is 15.3. The van der Waals surface area contributed by atoms with E-state index in [2.05, 4.69) is 15.4 Å². The van der Waals surface area contributed by atoms with Gasteiger partial charge in [-0.25, -0.2) is 14.0 Å². The Morgan fingerprint density at radius 2 is 2.00 bits per heavy atom. The number of carbonyl (C=O) groups excluding carboxylic acids is 1. The molecule has 0 saturated carbocycles. The molecule has 0 bridgehead atoms. The molecule has 30 heavy (non-hydrogen) atoms. The van der Waals surface area contributed by atoms with Crippen molar-refractivity contribution in [3.63, 3.8) is 0 Å². The van der Waals surface area contributed by atoms with Crippen LogP contribution in [-0.4, -0.2) is 45.7 Å². The van der Waals surface area contributed by atoms with E-state index < -0.39 is 0 Å². The van der Waals surface area contributed by atoms with Crippen LogP contribution < -0.4 is 15.9 Å². The molecule has 0 spiro atoms. The van der Waals surface area contributed by atoms with Crippen LogP contribution in [-0.2, 0) is 17.8 Å². The molecule has 0 saturated heterocycles. The number of aliphatic imine (C=N–C) groups is 1. The predicted molar refractivity (Wildman–Crippen MR) is 115 cm³/mol. The van der Waals surface area contributed by atoms with E-state index in [1.54, 1.807) is 12.1 Å². The number of nitrogens with one attached hydrogen (secondary N) is 1. The molecular formula is C21H19ClN6O2. The average Bonchev–Trinajstić information content (AvgIpc) is 3.34. The van der Waals surface area contributed by atoms with E-state index in [1.807, 2.05) is 41.3 Å². The van der Waals surface area contributed by atoms with Gasteiger partial charge in [0.1, 0.15) is 12.4 Å². The second-order valence-corrected chi connectivity index (χ2v) is 7.62. The number of benzene rings is 2. The number of carbonyl (C=O) groups is 1. The van der Waals surface area contributed by atoms with Gasteiger partial charge in [-0.05, 0) is 30.2 Å². The number of anilines is 1. The van der Waals surface area contributed by atoms with Crippen LogP contribution in [0.2, 0.25) is 5.02 Å². The number of halogens is 1. The zero-order valence-electron chi connectivity index (χ0n) is 16.1. The Kier molecular flexibility index (Phi) is 4.63. The number of amidine groups is 1. The summed E-state index contributed by atoms with van der Waals surface area (Å²) in [6.45, 7) is 1.60. The van der Waals surface area contributed by atoms with Crippen LogP contribution in [0.5, 0.6) is 0 Å². The molecule has 0 aliphatic carbocycles. The molecule has 1 amide bonds. The minimum atomic E-state index is -0.377. The molecule has 3 aromatic rings. The highest BCUT2D eigenvalue weighted by atomic mass is 35.5. The number of hydrogen-bond acceptors (Lipinski definition) is 5. The van der Waals surface area contributed by atoms with Crippen LogP contribution in [0.25, 0.3) is 5.69 Å². The summed E-state index contributed by atoms with van der Waals surface area (Å²) in [6.07, 6.45) is 0.723. The van der Waals surface area contributed by atoms with Crippen molar-refractivity contribution < 1.29 is 4.79 Å². The maximum atomic E-state index is 13.1. The third-order valence-electron chi connectivity index (χ3n) is 5.22. The van der Waals surface area contributed by atoms with Crippen LogP contribution >= 0.6 is 11.6 Å². The van der Waals surface area contributed by atoms with Crippen molar-refractivity contribution in [3.8, 4) is 5.69 Å². The first-order chi connectivity index (χ1) is 14.6. The van der Waals surface area contributed by atoms with E-state index >= 15 is 0 Å². The van der Waals surface area contributed by atoms with Gasteiger partial charge in [0, 0.05) is 23.7 Å². The van der Waals surface area contributed by atoms with Gasteiger partial charge in [0.05, 0.1) is 12.2 Å². The molecule has 2 aliphatic heterocycles. The van der Waals surface area contributed by atoms with Crippen LogP contribution in [0, 0.1) is 0 Å². The maximum absolute atomic E-state index is 13.1. The standard InChI is InChI=1S/C21H19ClN6O2/c22-15-6-7-16-17(12-15)28-20(26-11-10-24-19(16)26)25-27(21(28)30)13-18(29)23-9-8-14-4-2-1-3-5-14/h1-7,12H,8-11,13H2,(H,23,29). The van der Waals surface area contributed by atoms with Gasteiger partial charge < -0.3 is 5.32 Å². The van der Waals surface area contributed by atoms with Crippen molar-refractivity contribution in [1.29, 1.82) is 0 Å². The zero-order valence-corrected chi connectivity index (χ0v) is 16.8. The van der Waals surface area contributed by atoms with Gasteiger partial charge >= 0.3 is 5.69 Å². The molecule has 9 heteroatoms. The van der Waals surface area contributed by atoms with Gasteiger partial charge in [-0.1, -0.05) is 41.9 Å². The first-order valence-corrected chi connectivity index (χ1v) is 10.1. The molecule has 0 atom stereocenters. The SMILES string of the molecule is O=C(Cn1nc2n(c1=O)-c1cc(Cl)ccc1C1=NCCN12)NCCc1ccccc1. The van der Waals surface area contributed by atoms with Gasteiger partial charge in [-0.2, -0.15) is 0 Å². The van der Waals surface area contributed by atoms with Gasteiger partial charge in [0.25, 0.3) is 0 Å². The molecule has 2 aliphatic rings. The summed E-state index contributed by atoms with van der Waals surface area (Å²) in [7, 11) is 0. The van der Waals surface area contributed by atoms with Gasteiger partial charge in [0.2, 0.25) is 11.9 Å². The highest BCUT2D eigenvalue weighted by molar-refractivity contribution is 6.31. The van der Waals surface area contributed by atoms with Crippen molar-refractivity contribution in [1.82, 2.24) is 19.7 Å². The van der Waals surface area contributed by atoms with E-state index in [0.717, 1.165) is 23.4 Å². The summed E-state index contributed by atoms with van der Waals surface area (Å²) < 4.78 is 2.70. The predicted octanol–water partition coefficient (Wildman–Crippen LogP) is 1.63. The lowest BCUT2D eigenvalue weighted by Crippen LogP contribution is -2.38. The molecule has 5 rings (SSSR count). The lowest BCUT2D eigenvalue weighted by Gasteiger charge is -2.26. The molecule has 0 unspecified atom stereocenters. The fourth-order valence-electron chi connectivity index (χ4n) is 3.82. The summed E-state index contributed by atoms with van der Waals surface area (Å²) in [5.74, 6) is 0.979. The number of nitrogens with zero attached hydrogens (tertiary/aromatic N) is 5. The highest BCUT2D eigenvalue weighted by Gasteiger charge is 2.34. The van der Waals surface area contributed by atoms with E-state index in [4.69, 9.17) is 11.6 Å². The smallest absolute Gasteiger partial charge is 0.352 e. The summed E-state index contributed by atoms with van der Waals surface area (Å²) in [5, 5.41) is 7.81. The molecule has 3 heterocycles. The van der Waals surface area contributed by atoms with Crippen molar-refractivity contribution in [2.24, 2.45) is 4.99 Å². The second kappa shape index (κ2) is 7.46. The number of hydrogen-bond donors (Lipinski definition) is 1. The second-order valence-electron chi connectivity index (χ2n) is 7.18. The lowest BCUT2D eigenvalue weighted by molar-refractivity contribution is -0.121. The van der Waals surface area contributed by atoms with Gasteiger partial charge in [0.15, 0.2) is 0 Å². The van der Waals surface area contributed by atoms with Crippen molar-refractivity contribution >= 4 is 29.3 Å². The largest absolute Gasteiger partial charge is 0.354 e. The Labute approximate surface area is 177 Å². The summed E-state index contributed by atoms with van der Waals surface area (Å²) >= 11 is 6.18. The van der Waals surface area contributed by atoms with E-state index in [0.29, 0.717) is 36.3 Å². The average molecular weight is 423 g/mol. The number of fused-ring (bicyclic) bond motifs is 6. The fourth-order valence-corrected chi connectivity index (χ4v) is 3.99. The van der Waals surface area contributed by atoms with Crippen molar-refractivity contribution in [2.45, 2.75) is 13.0 Å². The van der Waals surface area contributed by atoms with Gasteiger partial charge in [-0.15, -0.1) is 5.10 Å². The normalized spacial score (nSPS) is 14.0. The fraction of sp³-hybridized carbons (Fsp3) is 0.238. The van der Waals surface area contributed by atoms with Gasteiger partial charge in [-0.3, -0.25) is 14.7 Å². The number of rotatable bonds is 5. The van der Waals surface area contributed by atoms with E-state index in [9.17, 15) is 9.59 Å². The molecule has 1 aromatic heterocycles. The zero-order chi connectivity index (χ0) is 20.7. The van der Waals surface area contributed by atoms with Crippen molar-refractivity contribution in [2.75, 3.05) is 24.5 Å². The summed E-state index contributed by atoms with van der Waals surface area (Å²) in [4.78, 5) is 32.0. The molecule has 1 N–H and O–H groups in total. The topological polar surface area (TPSA) is 84.5 Å². The Balaban J connectivity index is 1.39. The Morgan fingerprint density at radius 3 is 2.83 bits per heavy atom. The lowest BCUT2D eigenvalue weighted by atomic mass is 10.1. The molecule has 152 valence electrons. The monoisotopic (exact) mass is 422 g/mol. The number of aromatic nitrogens is 3. The molecule has 0 fully saturated rings. The maximum Gasteiger partial charge on any atom is 0.352 e. The number of amides is 1. The third kappa shape index (κ3) is 3.19. The van der Waals surface area contributed by atoms with E-state index in [1.165, 1.54) is 9.25 Å². The van der Waals surface area contributed by atoms with E-state index in [-0.39, 0.29) is 18.1 Å². The van der Waals surface area contributed by atoms with Crippen LogP contribution in [0.15, 0.2) is 58.3 Å². The quantitative estimate of drug-likeness (QED) is 0.677. The first kappa shape index (κ1) is 18.6. The molecular weight excluding hydrogens is 404 g/mol. The van der Waals surface area contributed by atoms with Crippen LogP contribution in [0.4, 0.5) is 5.95 Å². The van der Waals surface area contributed by atoms with Crippen LogP contribution in [0.1, 0.15) is 11.1 Å². The highest BCUT2D eigenvalue weighted by Crippen LogP contribution is 2.31. The molecule has 0 radical (unpaired) electrons. The minimum Gasteiger partial charge on any atom is -0.354 e. The Bertz CT molecular complexity index is 1210. The van der Waals surface area contributed by atoms with Crippen LogP contribution in [0.3, 0.4) is 0 Å². The van der Waals surface area contributed by atoms with Crippen molar-refractivity contribution in [3.05, 3.63) is 75.2 Å².